The van der Waals surface area contributed by atoms with E-state index in [1.54, 1.807) is 13.0 Å². The molecule has 2 atom stereocenters. The zero-order valence-electron chi connectivity index (χ0n) is 16.7. The second-order valence-electron chi connectivity index (χ2n) is 7.98. The van der Waals surface area contributed by atoms with E-state index in [1.807, 2.05) is 49.4 Å². The highest BCUT2D eigenvalue weighted by atomic mass is 16.3. The Morgan fingerprint density at radius 2 is 2.03 bits per heavy atom. The molecule has 6 heteroatoms. The van der Waals surface area contributed by atoms with Crippen molar-refractivity contribution in [1.82, 2.24) is 9.55 Å². The van der Waals surface area contributed by atoms with E-state index in [0.717, 1.165) is 35.9 Å². The number of nitriles is 1. The Balaban J connectivity index is 1.66. The third kappa shape index (κ3) is 3.39. The van der Waals surface area contributed by atoms with Gasteiger partial charge in [0.05, 0.1) is 28.3 Å². The van der Waals surface area contributed by atoms with Gasteiger partial charge >= 0.3 is 0 Å². The van der Waals surface area contributed by atoms with Gasteiger partial charge in [0.2, 0.25) is 5.95 Å². The topological polar surface area (TPSA) is 97.7 Å². The van der Waals surface area contributed by atoms with Gasteiger partial charge in [0, 0.05) is 12.0 Å². The molecule has 0 bridgehead atoms. The molecule has 1 unspecified atom stereocenters. The molecular formula is C23H25N5O. The maximum atomic E-state index is 11.1. The summed E-state index contributed by atoms with van der Waals surface area (Å²) in [6.45, 7) is 3.57. The van der Waals surface area contributed by atoms with Crippen LogP contribution in [0.3, 0.4) is 0 Å². The lowest BCUT2D eigenvalue weighted by Crippen LogP contribution is -2.38. The molecular weight excluding hydrogens is 362 g/mol. The lowest BCUT2D eigenvalue weighted by atomic mass is 9.83. The first-order valence-electron chi connectivity index (χ1n) is 9.97. The number of fused-ring (bicyclic) bond motifs is 1. The van der Waals surface area contributed by atoms with E-state index >= 15 is 0 Å². The van der Waals surface area contributed by atoms with Crippen molar-refractivity contribution in [2.24, 2.45) is 5.92 Å². The first-order chi connectivity index (χ1) is 13.9. The molecule has 3 N–H and O–H groups in total. The summed E-state index contributed by atoms with van der Waals surface area (Å²) in [6.07, 6.45) is 3.28. The van der Waals surface area contributed by atoms with Gasteiger partial charge in [-0.25, -0.2) is 4.98 Å². The molecule has 148 valence electrons. The molecule has 1 heterocycles. The highest BCUT2D eigenvalue weighted by Crippen LogP contribution is 2.38. The monoisotopic (exact) mass is 387 g/mol. The van der Waals surface area contributed by atoms with Crippen LogP contribution < -0.4 is 5.32 Å². The largest absolute Gasteiger partial charge is 0.385 e. The summed E-state index contributed by atoms with van der Waals surface area (Å²) in [7, 11) is 0. The maximum absolute atomic E-state index is 11.1. The van der Waals surface area contributed by atoms with E-state index in [1.165, 1.54) is 0 Å². The van der Waals surface area contributed by atoms with E-state index in [9.17, 15) is 10.4 Å². The smallest absolute Gasteiger partial charge is 0.209 e. The van der Waals surface area contributed by atoms with Crippen molar-refractivity contribution in [1.29, 1.82) is 10.7 Å². The Labute approximate surface area is 170 Å². The average molecular weight is 387 g/mol. The fourth-order valence-corrected chi connectivity index (χ4v) is 3.80. The molecule has 4 rings (SSSR count). The minimum Gasteiger partial charge on any atom is -0.385 e. The first-order valence-corrected chi connectivity index (χ1v) is 9.97. The summed E-state index contributed by atoms with van der Waals surface area (Å²) in [5, 5.41) is 32.1. The molecule has 1 aliphatic rings. The van der Waals surface area contributed by atoms with Crippen molar-refractivity contribution < 1.29 is 5.11 Å². The number of anilines is 1. The number of imidazole rings is 1. The molecule has 1 aliphatic carbocycles. The Kier molecular flexibility index (Phi) is 4.85. The number of nitrogens with zero attached hydrogens (tertiary/aromatic N) is 3. The maximum Gasteiger partial charge on any atom is 0.209 e. The van der Waals surface area contributed by atoms with Crippen LogP contribution in [0.1, 0.15) is 50.3 Å². The minimum absolute atomic E-state index is 0.204. The van der Waals surface area contributed by atoms with Crippen LogP contribution in [-0.2, 0) is 5.60 Å². The Morgan fingerprint density at radius 1 is 1.31 bits per heavy atom. The van der Waals surface area contributed by atoms with Gasteiger partial charge in [-0.3, -0.25) is 5.41 Å². The van der Waals surface area contributed by atoms with Gasteiger partial charge in [0.15, 0.2) is 0 Å². The predicted molar refractivity (Wildman–Crippen MR) is 114 cm³/mol. The van der Waals surface area contributed by atoms with Crippen molar-refractivity contribution >= 4 is 22.8 Å². The van der Waals surface area contributed by atoms with E-state index in [2.05, 4.69) is 20.9 Å². The van der Waals surface area contributed by atoms with Crippen molar-refractivity contribution in [2.45, 2.75) is 44.8 Å². The summed E-state index contributed by atoms with van der Waals surface area (Å²) < 4.78 is 2.11. The van der Waals surface area contributed by atoms with Crippen molar-refractivity contribution in [3.63, 3.8) is 0 Å². The van der Waals surface area contributed by atoms with Crippen LogP contribution in [0, 0.1) is 22.7 Å². The summed E-state index contributed by atoms with van der Waals surface area (Å²) in [4.78, 5) is 4.69. The zero-order chi connectivity index (χ0) is 20.6. The molecule has 0 spiro atoms. The number of rotatable bonds is 5. The van der Waals surface area contributed by atoms with Gasteiger partial charge in [-0.05, 0) is 49.9 Å². The molecule has 1 aromatic heterocycles. The summed E-state index contributed by atoms with van der Waals surface area (Å²) in [5.74, 6) is 0.338. The van der Waals surface area contributed by atoms with Crippen LogP contribution in [0.4, 0.5) is 5.95 Å². The highest BCUT2D eigenvalue weighted by Gasteiger charge is 2.34. The van der Waals surface area contributed by atoms with Crippen molar-refractivity contribution in [3.05, 3.63) is 59.7 Å². The van der Waals surface area contributed by atoms with Gasteiger partial charge in [-0.2, -0.15) is 5.26 Å². The third-order valence-corrected chi connectivity index (χ3v) is 6.14. The van der Waals surface area contributed by atoms with Crippen molar-refractivity contribution in [2.75, 3.05) is 5.32 Å². The summed E-state index contributed by atoms with van der Waals surface area (Å²) in [6, 6.07) is 17.4. The van der Waals surface area contributed by atoms with Crippen LogP contribution in [0.2, 0.25) is 0 Å². The van der Waals surface area contributed by atoms with Gasteiger partial charge in [0.25, 0.3) is 0 Å². The molecule has 1 saturated carbocycles. The van der Waals surface area contributed by atoms with Gasteiger partial charge in [0.1, 0.15) is 5.84 Å². The third-order valence-electron chi connectivity index (χ3n) is 6.14. The Hall–Kier alpha value is -3.17. The molecule has 0 saturated heterocycles. The Bertz CT molecular complexity index is 1090. The summed E-state index contributed by atoms with van der Waals surface area (Å²) in [5.41, 5.74) is 1.89. The van der Waals surface area contributed by atoms with Crippen LogP contribution in [0.5, 0.6) is 0 Å². The van der Waals surface area contributed by atoms with E-state index in [-0.39, 0.29) is 5.84 Å². The van der Waals surface area contributed by atoms with E-state index in [0.29, 0.717) is 17.6 Å². The normalized spacial score (nSPS) is 17.2. The quantitative estimate of drug-likeness (QED) is 0.441. The van der Waals surface area contributed by atoms with Crippen molar-refractivity contribution in [3.8, 4) is 6.07 Å². The lowest BCUT2D eigenvalue weighted by Gasteiger charge is -2.33. The number of benzene rings is 2. The molecule has 0 amide bonds. The molecule has 1 fully saturated rings. The first kappa shape index (κ1) is 19.2. The van der Waals surface area contributed by atoms with Gasteiger partial charge in [-0.15, -0.1) is 0 Å². The standard InChI is InChI=1S/C23H25N5O/c1-15(23(2,29)17-7-4-3-5-8-17)21(25)27-22-26-19-12-11-16(14-24)13-20(19)28(22)18-9-6-10-18/h3-5,7-8,11-13,15,18,29H,6,9-10H2,1-2H3,(H2,25,26,27)/t15-,23?/m1/s1. The van der Waals surface area contributed by atoms with Crippen LogP contribution >= 0.6 is 0 Å². The van der Waals surface area contributed by atoms with Crippen LogP contribution in [-0.4, -0.2) is 20.5 Å². The fraction of sp³-hybridized carbons (Fsp3) is 0.348. The lowest BCUT2D eigenvalue weighted by molar-refractivity contribution is 0.0274. The number of hydrogen-bond donors (Lipinski definition) is 3. The van der Waals surface area contributed by atoms with E-state index < -0.39 is 11.5 Å². The molecule has 3 aromatic rings. The summed E-state index contributed by atoms with van der Waals surface area (Å²) >= 11 is 0. The average Bonchev–Trinajstić information content (AvgIpc) is 3.03. The Morgan fingerprint density at radius 3 is 2.66 bits per heavy atom. The number of hydrogen-bond acceptors (Lipinski definition) is 4. The predicted octanol–water partition coefficient (Wildman–Crippen LogP) is 4.57. The molecule has 0 aliphatic heterocycles. The number of amidine groups is 1. The fourth-order valence-electron chi connectivity index (χ4n) is 3.80. The number of nitrogens with one attached hydrogen (secondary N) is 2. The SMILES string of the molecule is C[C@H](C(=N)Nc1nc2ccc(C#N)cc2n1C1CCC1)C(C)(O)c1ccccc1. The molecule has 0 radical (unpaired) electrons. The zero-order valence-corrected chi connectivity index (χ0v) is 16.7. The number of aromatic nitrogens is 2. The molecule has 2 aromatic carbocycles. The molecule has 29 heavy (non-hydrogen) atoms. The molecule has 6 nitrogen and oxygen atoms in total. The van der Waals surface area contributed by atoms with Gasteiger partial charge in [-0.1, -0.05) is 37.3 Å². The highest BCUT2D eigenvalue weighted by molar-refractivity contribution is 5.96. The second-order valence-corrected chi connectivity index (χ2v) is 7.98. The minimum atomic E-state index is -1.19. The van der Waals surface area contributed by atoms with Crippen LogP contribution in [0.25, 0.3) is 11.0 Å². The second kappa shape index (κ2) is 7.34. The number of aliphatic hydroxyl groups is 1. The van der Waals surface area contributed by atoms with Gasteiger partial charge < -0.3 is 15.0 Å². The van der Waals surface area contributed by atoms with Crippen LogP contribution in [0.15, 0.2) is 48.5 Å². The van der Waals surface area contributed by atoms with E-state index in [4.69, 9.17) is 5.41 Å².